The van der Waals surface area contributed by atoms with Crippen molar-refractivity contribution in [3.05, 3.63) is 11.8 Å². The molecule has 1 aliphatic heterocycles. The van der Waals surface area contributed by atoms with Gasteiger partial charge in [0.25, 0.3) is 0 Å². The molecule has 0 fully saturated rings. The summed E-state index contributed by atoms with van der Waals surface area (Å²) in [6.07, 6.45) is -2.03. The Bertz CT molecular complexity index is 136. The zero-order valence-corrected chi connectivity index (χ0v) is 4.46. The highest BCUT2D eigenvalue weighted by Crippen LogP contribution is 2.28. The van der Waals surface area contributed by atoms with Crippen molar-refractivity contribution in [1.82, 2.24) is 0 Å². The van der Waals surface area contributed by atoms with Gasteiger partial charge in [-0.05, 0) is 0 Å². The molecule has 0 spiro atoms. The normalized spacial score (nSPS) is 19.2. The summed E-state index contributed by atoms with van der Waals surface area (Å²) in [5.41, 5.74) is 0. The standard InChI is InChI=1S/C5H4F3O/c6-5(7,8)4-2-1-3-9-4/h1,3H2. The molecular weight excluding hydrogens is 133 g/mol. The number of alkyl halides is 3. The molecule has 0 aromatic rings. The Morgan fingerprint density at radius 2 is 2.11 bits per heavy atom. The van der Waals surface area contributed by atoms with E-state index < -0.39 is 11.9 Å². The van der Waals surface area contributed by atoms with Gasteiger partial charge in [0.05, 0.1) is 6.61 Å². The smallest absolute Gasteiger partial charge is 0.449 e. The molecule has 51 valence electrons. The molecule has 1 radical (unpaired) electrons. The molecule has 4 heteroatoms. The van der Waals surface area contributed by atoms with Gasteiger partial charge in [0.1, 0.15) is 0 Å². The second-order valence-corrected chi connectivity index (χ2v) is 1.60. The van der Waals surface area contributed by atoms with Crippen molar-refractivity contribution in [3.63, 3.8) is 0 Å². The molecule has 0 aromatic heterocycles. The fraction of sp³-hybridized carbons (Fsp3) is 0.600. The first-order valence-corrected chi connectivity index (χ1v) is 2.41. The van der Waals surface area contributed by atoms with Gasteiger partial charge in [-0.3, -0.25) is 0 Å². The Morgan fingerprint density at radius 3 is 2.33 bits per heavy atom. The van der Waals surface area contributed by atoms with E-state index in [1.807, 2.05) is 0 Å². The lowest BCUT2D eigenvalue weighted by Crippen LogP contribution is -2.11. The molecule has 1 aliphatic rings. The van der Waals surface area contributed by atoms with E-state index in [1.165, 1.54) is 0 Å². The van der Waals surface area contributed by atoms with Crippen molar-refractivity contribution in [2.24, 2.45) is 0 Å². The monoisotopic (exact) mass is 137 g/mol. The Kier molecular flexibility index (Phi) is 1.38. The molecule has 0 aliphatic carbocycles. The van der Waals surface area contributed by atoms with Crippen molar-refractivity contribution in [3.8, 4) is 0 Å². The lowest BCUT2D eigenvalue weighted by atomic mass is 10.4. The van der Waals surface area contributed by atoms with Crippen molar-refractivity contribution in [2.45, 2.75) is 12.6 Å². The first-order valence-electron chi connectivity index (χ1n) is 2.41. The second kappa shape index (κ2) is 1.93. The van der Waals surface area contributed by atoms with Crippen molar-refractivity contribution in [1.29, 1.82) is 0 Å². The highest BCUT2D eigenvalue weighted by Gasteiger charge is 2.37. The van der Waals surface area contributed by atoms with E-state index in [0.29, 0.717) is 0 Å². The molecule has 0 bridgehead atoms. The first kappa shape index (κ1) is 6.45. The van der Waals surface area contributed by atoms with Gasteiger partial charge in [-0.15, -0.1) is 0 Å². The Hall–Kier alpha value is -0.670. The van der Waals surface area contributed by atoms with E-state index in [1.54, 1.807) is 0 Å². The average Bonchev–Trinajstić information content (AvgIpc) is 2.08. The third-order valence-electron chi connectivity index (χ3n) is 0.891. The number of halogens is 3. The van der Waals surface area contributed by atoms with Crippen LogP contribution < -0.4 is 0 Å². The lowest BCUT2D eigenvalue weighted by Gasteiger charge is -2.05. The van der Waals surface area contributed by atoms with E-state index in [2.05, 4.69) is 10.8 Å². The van der Waals surface area contributed by atoms with Crippen molar-refractivity contribution < 1.29 is 17.9 Å². The van der Waals surface area contributed by atoms with Crippen LogP contribution in [-0.2, 0) is 4.74 Å². The van der Waals surface area contributed by atoms with Gasteiger partial charge < -0.3 is 4.74 Å². The van der Waals surface area contributed by atoms with Crippen LogP contribution in [0.3, 0.4) is 0 Å². The Balaban J connectivity index is 2.61. The molecule has 0 atom stereocenters. The molecule has 9 heavy (non-hydrogen) atoms. The summed E-state index contributed by atoms with van der Waals surface area (Å²) >= 11 is 0. The predicted octanol–water partition coefficient (Wildman–Crippen LogP) is 1.66. The zero-order valence-electron chi connectivity index (χ0n) is 4.46. The van der Waals surface area contributed by atoms with E-state index in [0.717, 1.165) is 0 Å². The van der Waals surface area contributed by atoms with Crippen LogP contribution in [-0.4, -0.2) is 12.8 Å². The SMILES string of the molecule is FC(F)(F)C1=[C]CCO1. The first-order chi connectivity index (χ1) is 4.11. The number of hydrogen-bond donors (Lipinski definition) is 0. The van der Waals surface area contributed by atoms with Gasteiger partial charge in [-0.2, -0.15) is 13.2 Å². The van der Waals surface area contributed by atoms with Gasteiger partial charge >= 0.3 is 6.18 Å². The highest BCUT2D eigenvalue weighted by atomic mass is 19.4. The van der Waals surface area contributed by atoms with Crippen LogP contribution in [0.5, 0.6) is 0 Å². The minimum absolute atomic E-state index is 0.106. The van der Waals surface area contributed by atoms with Crippen LogP contribution in [0, 0.1) is 6.08 Å². The number of rotatable bonds is 0. The van der Waals surface area contributed by atoms with Crippen molar-refractivity contribution in [2.75, 3.05) is 6.61 Å². The molecular formula is C5H4F3O. The van der Waals surface area contributed by atoms with Crippen LogP contribution >= 0.6 is 0 Å². The van der Waals surface area contributed by atoms with Crippen LogP contribution in [0.2, 0.25) is 0 Å². The topological polar surface area (TPSA) is 9.23 Å². The molecule has 0 unspecified atom stereocenters. The van der Waals surface area contributed by atoms with Crippen LogP contribution in [0.15, 0.2) is 5.76 Å². The molecule has 1 heterocycles. The van der Waals surface area contributed by atoms with Gasteiger partial charge in [0.15, 0.2) is 0 Å². The number of allylic oxidation sites excluding steroid dienone is 1. The van der Waals surface area contributed by atoms with Gasteiger partial charge in [-0.1, -0.05) is 0 Å². The summed E-state index contributed by atoms with van der Waals surface area (Å²) in [6.45, 7) is 0.106. The summed E-state index contributed by atoms with van der Waals surface area (Å²) in [7, 11) is 0. The number of hydrogen-bond acceptors (Lipinski definition) is 1. The maximum atomic E-state index is 11.5. The highest BCUT2D eigenvalue weighted by molar-refractivity contribution is 4.98. The molecule has 1 nitrogen and oxygen atoms in total. The second-order valence-electron chi connectivity index (χ2n) is 1.60. The number of ether oxygens (including phenoxy) is 1. The molecule has 0 saturated heterocycles. The van der Waals surface area contributed by atoms with E-state index >= 15 is 0 Å². The predicted molar refractivity (Wildman–Crippen MR) is 23.4 cm³/mol. The summed E-state index contributed by atoms with van der Waals surface area (Å²) < 4.78 is 38.8. The maximum absolute atomic E-state index is 11.5. The summed E-state index contributed by atoms with van der Waals surface area (Å²) in [5, 5.41) is 0. The van der Waals surface area contributed by atoms with Crippen LogP contribution in [0.4, 0.5) is 13.2 Å². The third kappa shape index (κ3) is 1.37. The summed E-state index contributed by atoms with van der Waals surface area (Å²) in [4.78, 5) is 0. The minimum Gasteiger partial charge on any atom is -0.488 e. The van der Waals surface area contributed by atoms with Gasteiger partial charge in [0.2, 0.25) is 5.76 Å². The van der Waals surface area contributed by atoms with Gasteiger partial charge in [0, 0.05) is 12.5 Å². The molecule has 0 N–H and O–H groups in total. The van der Waals surface area contributed by atoms with E-state index in [4.69, 9.17) is 0 Å². The van der Waals surface area contributed by atoms with Crippen LogP contribution in [0.1, 0.15) is 6.42 Å². The minimum atomic E-state index is -4.34. The fourth-order valence-electron chi connectivity index (χ4n) is 0.551. The maximum Gasteiger partial charge on any atom is 0.449 e. The van der Waals surface area contributed by atoms with Crippen molar-refractivity contribution >= 4 is 0 Å². The summed E-state index contributed by atoms with van der Waals surface area (Å²) in [5.74, 6) is -0.970. The largest absolute Gasteiger partial charge is 0.488 e. The Labute approximate surface area is 50.1 Å². The average molecular weight is 137 g/mol. The molecule has 0 aromatic carbocycles. The van der Waals surface area contributed by atoms with E-state index in [9.17, 15) is 13.2 Å². The lowest BCUT2D eigenvalue weighted by molar-refractivity contribution is -0.126. The zero-order chi connectivity index (χ0) is 6.91. The Morgan fingerprint density at radius 1 is 1.44 bits per heavy atom. The molecule has 1 rings (SSSR count). The molecule has 0 saturated carbocycles. The third-order valence-corrected chi connectivity index (χ3v) is 0.891. The van der Waals surface area contributed by atoms with Gasteiger partial charge in [-0.25, -0.2) is 0 Å². The molecule has 0 amide bonds. The fourth-order valence-corrected chi connectivity index (χ4v) is 0.551. The van der Waals surface area contributed by atoms with E-state index in [-0.39, 0.29) is 13.0 Å². The summed E-state index contributed by atoms with van der Waals surface area (Å²) in [6, 6.07) is 0. The quantitative estimate of drug-likeness (QED) is 0.493. The van der Waals surface area contributed by atoms with Crippen LogP contribution in [0.25, 0.3) is 0 Å².